The number of halogens is 2. The van der Waals surface area contributed by atoms with Gasteiger partial charge in [-0.05, 0) is 30.3 Å². The first-order chi connectivity index (χ1) is 8.11. The van der Waals surface area contributed by atoms with Gasteiger partial charge in [0.05, 0.1) is 4.88 Å². The Morgan fingerprint density at radius 1 is 1.35 bits per heavy atom. The first-order valence-electron chi connectivity index (χ1n) is 5.20. The Bertz CT molecular complexity index is 562. The molecule has 0 fully saturated rings. The molecule has 0 aliphatic carbocycles. The third kappa shape index (κ3) is 2.79. The minimum atomic E-state index is 0.173. The van der Waals surface area contributed by atoms with E-state index < -0.39 is 0 Å². The van der Waals surface area contributed by atoms with Crippen LogP contribution in [0.2, 0.25) is 5.02 Å². The molecule has 0 spiro atoms. The van der Waals surface area contributed by atoms with Gasteiger partial charge in [-0.3, -0.25) is 4.79 Å². The zero-order chi connectivity index (χ0) is 12.4. The fraction of sp³-hybridized carbons (Fsp3) is 0.154. The first kappa shape index (κ1) is 12.8. The highest BCUT2D eigenvalue weighted by molar-refractivity contribution is 9.10. The smallest absolute Gasteiger partial charge is 0.172 e. The molecule has 0 saturated carbocycles. The molecule has 1 aromatic carbocycles. The Kier molecular flexibility index (Phi) is 4.02. The molecule has 4 heteroatoms. The van der Waals surface area contributed by atoms with Crippen LogP contribution in [-0.2, 0) is 0 Å². The number of ketones is 1. The molecule has 0 unspecified atom stereocenters. The van der Waals surface area contributed by atoms with E-state index >= 15 is 0 Å². The van der Waals surface area contributed by atoms with Gasteiger partial charge < -0.3 is 0 Å². The van der Waals surface area contributed by atoms with Crippen LogP contribution in [0, 0.1) is 0 Å². The summed E-state index contributed by atoms with van der Waals surface area (Å²) in [4.78, 5) is 13.4. The van der Waals surface area contributed by atoms with Gasteiger partial charge in [-0.2, -0.15) is 0 Å². The summed E-state index contributed by atoms with van der Waals surface area (Å²) in [6.45, 7) is 1.87. The Hall–Kier alpha value is -0.640. The summed E-state index contributed by atoms with van der Waals surface area (Å²) in [5.74, 6) is 0.173. The summed E-state index contributed by atoms with van der Waals surface area (Å²) in [5, 5.41) is 0.700. The molecule has 88 valence electrons. The molecule has 0 bridgehead atoms. The van der Waals surface area contributed by atoms with Gasteiger partial charge in [0.1, 0.15) is 0 Å². The molecule has 0 amide bonds. The van der Waals surface area contributed by atoms with E-state index in [1.54, 1.807) is 0 Å². The van der Waals surface area contributed by atoms with Crippen LogP contribution in [0.15, 0.2) is 34.8 Å². The summed E-state index contributed by atoms with van der Waals surface area (Å²) in [5.41, 5.74) is 0.959. The maximum atomic E-state index is 11.6. The van der Waals surface area contributed by atoms with Crippen LogP contribution >= 0.6 is 38.9 Å². The van der Waals surface area contributed by atoms with Gasteiger partial charge in [-0.1, -0.05) is 34.5 Å². The predicted octanol–water partition coefficient (Wildman–Crippen LogP) is 5.42. The van der Waals surface area contributed by atoms with E-state index in [2.05, 4.69) is 15.9 Å². The third-order valence-corrected chi connectivity index (χ3v) is 4.38. The van der Waals surface area contributed by atoms with Crippen molar-refractivity contribution in [2.24, 2.45) is 0 Å². The van der Waals surface area contributed by atoms with Crippen LogP contribution in [0.25, 0.3) is 10.4 Å². The summed E-state index contributed by atoms with van der Waals surface area (Å²) in [6, 6.07) is 9.53. The number of benzene rings is 1. The van der Waals surface area contributed by atoms with Crippen molar-refractivity contribution in [1.82, 2.24) is 0 Å². The fourth-order valence-electron chi connectivity index (χ4n) is 1.49. The van der Waals surface area contributed by atoms with E-state index in [0.29, 0.717) is 11.4 Å². The lowest BCUT2D eigenvalue weighted by Gasteiger charge is -2.01. The van der Waals surface area contributed by atoms with Gasteiger partial charge in [0.25, 0.3) is 0 Å². The van der Waals surface area contributed by atoms with E-state index in [4.69, 9.17) is 11.6 Å². The summed E-state index contributed by atoms with van der Waals surface area (Å²) < 4.78 is 0.980. The Balaban J connectivity index is 2.43. The second kappa shape index (κ2) is 5.34. The number of carbonyl (C=O) groups is 1. The van der Waals surface area contributed by atoms with Crippen LogP contribution in [0.3, 0.4) is 0 Å². The lowest BCUT2D eigenvalue weighted by molar-refractivity contribution is 0.0992. The number of hydrogen-bond donors (Lipinski definition) is 0. The minimum absolute atomic E-state index is 0.173. The molecule has 2 aromatic rings. The van der Waals surface area contributed by atoms with Crippen LogP contribution in [0.5, 0.6) is 0 Å². The molecule has 0 N–H and O–H groups in total. The van der Waals surface area contributed by atoms with Crippen LogP contribution < -0.4 is 0 Å². The fourth-order valence-corrected chi connectivity index (χ4v) is 3.18. The van der Waals surface area contributed by atoms with Gasteiger partial charge in [0.2, 0.25) is 0 Å². The highest BCUT2D eigenvalue weighted by Crippen LogP contribution is 2.35. The van der Waals surface area contributed by atoms with Crippen molar-refractivity contribution in [3.63, 3.8) is 0 Å². The highest BCUT2D eigenvalue weighted by Gasteiger charge is 2.10. The van der Waals surface area contributed by atoms with E-state index in [1.165, 1.54) is 11.3 Å². The number of thiophene rings is 1. The topological polar surface area (TPSA) is 17.1 Å². The largest absolute Gasteiger partial charge is 0.293 e. The monoisotopic (exact) mass is 328 g/mol. The lowest BCUT2D eigenvalue weighted by Crippen LogP contribution is -1.90. The standard InChI is InChI=1S/C13H10BrClOS/c1-2-11(16)13-6-5-12(17-13)9-7-8(14)3-4-10(9)15/h3-7H,2H2,1H3. The molecule has 1 nitrogen and oxygen atoms in total. The van der Waals surface area contributed by atoms with E-state index in [1.807, 2.05) is 37.3 Å². The van der Waals surface area contributed by atoms with Crippen LogP contribution in [0.4, 0.5) is 0 Å². The van der Waals surface area contributed by atoms with Crippen molar-refractivity contribution in [3.8, 4) is 10.4 Å². The SMILES string of the molecule is CCC(=O)c1ccc(-c2cc(Br)ccc2Cl)s1. The average molecular weight is 330 g/mol. The molecule has 0 aliphatic heterocycles. The van der Waals surface area contributed by atoms with E-state index in [0.717, 1.165) is 19.8 Å². The maximum Gasteiger partial charge on any atom is 0.172 e. The predicted molar refractivity (Wildman–Crippen MR) is 77.1 cm³/mol. The van der Waals surface area contributed by atoms with Crippen molar-refractivity contribution in [2.45, 2.75) is 13.3 Å². The number of hydrogen-bond acceptors (Lipinski definition) is 2. The summed E-state index contributed by atoms with van der Waals surface area (Å²) >= 11 is 11.1. The zero-order valence-electron chi connectivity index (χ0n) is 9.17. The molecule has 1 aromatic heterocycles. The van der Waals surface area contributed by atoms with Gasteiger partial charge in [0.15, 0.2) is 5.78 Å². The summed E-state index contributed by atoms with van der Waals surface area (Å²) in [7, 11) is 0. The van der Waals surface area contributed by atoms with Crippen molar-refractivity contribution in [1.29, 1.82) is 0 Å². The highest BCUT2D eigenvalue weighted by atomic mass is 79.9. The van der Waals surface area contributed by atoms with Crippen molar-refractivity contribution in [3.05, 3.63) is 44.7 Å². The second-order valence-corrected chi connectivity index (χ2v) is 5.97. The molecule has 0 radical (unpaired) electrons. The lowest BCUT2D eigenvalue weighted by atomic mass is 10.2. The maximum absolute atomic E-state index is 11.6. The molecule has 0 aliphatic rings. The minimum Gasteiger partial charge on any atom is -0.293 e. The Labute approximate surface area is 118 Å². The van der Waals surface area contributed by atoms with E-state index in [-0.39, 0.29) is 5.78 Å². The molecular weight excluding hydrogens is 320 g/mol. The molecule has 1 heterocycles. The normalized spacial score (nSPS) is 10.5. The van der Waals surface area contributed by atoms with Crippen LogP contribution in [-0.4, -0.2) is 5.78 Å². The number of rotatable bonds is 3. The van der Waals surface area contributed by atoms with Crippen molar-refractivity contribution in [2.75, 3.05) is 0 Å². The van der Waals surface area contributed by atoms with Gasteiger partial charge >= 0.3 is 0 Å². The molecule has 17 heavy (non-hydrogen) atoms. The molecular formula is C13H10BrClOS. The van der Waals surface area contributed by atoms with Gasteiger partial charge in [-0.25, -0.2) is 0 Å². The first-order valence-corrected chi connectivity index (χ1v) is 7.19. The number of carbonyl (C=O) groups excluding carboxylic acids is 1. The van der Waals surface area contributed by atoms with Gasteiger partial charge in [0, 0.05) is 26.4 Å². The molecule has 2 rings (SSSR count). The van der Waals surface area contributed by atoms with Crippen molar-refractivity contribution >= 4 is 44.7 Å². The Morgan fingerprint density at radius 2 is 2.12 bits per heavy atom. The molecule has 0 saturated heterocycles. The quantitative estimate of drug-likeness (QED) is 0.687. The average Bonchev–Trinajstić information content (AvgIpc) is 2.80. The van der Waals surface area contributed by atoms with Gasteiger partial charge in [-0.15, -0.1) is 11.3 Å². The van der Waals surface area contributed by atoms with Crippen molar-refractivity contribution < 1.29 is 4.79 Å². The third-order valence-electron chi connectivity index (χ3n) is 2.40. The Morgan fingerprint density at radius 3 is 2.82 bits per heavy atom. The number of Topliss-reactive ketones (excluding diaryl/α,β-unsaturated/α-hetero) is 1. The molecule has 0 atom stereocenters. The second-order valence-electron chi connectivity index (χ2n) is 3.56. The summed E-state index contributed by atoms with van der Waals surface area (Å²) in [6.07, 6.45) is 0.534. The van der Waals surface area contributed by atoms with Crippen LogP contribution in [0.1, 0.15) is 23.0 Å². The van der Waals surface area contributed by atoms with E-state index in [9.17, 15) is 4.79 Å². The zero-order valence-corrected chi connectivity index (χ0v) is 12.3.